The summed E-state index contributed by atoms with van der Waals surface area (Å²) in [4.78, 5) is 0. The summed E-state index contributed by atoms with van der Waals surface area (Å²) in [5.41, 5.74) is 0.652. The van der Waals surface area contributed by atoms with Gasteiger partial charge in [-0.3, -0.25) is 0 Å². The van der Waals surface area contributed by atoms with Gasteiger partial charge in [-0.2, -0.15) is 0 Å². The Morgan fingerprint density at radius 1 is 1.47 bits per heavy atom. The van der Waals surface area contributed by atoms with Crippen LogP contribution in [0.25, 0.3) is 0 Å². The first-order valence-corrected chi connectivity index (χ1v) is 9.34. The lowest BCUT2D eigenvalue weighted by Crippen LogP contribution is -2.38. The number of aliphatic hydroxyl groups is 1. The number of sulfonamides is 1. The molecule has 0 bridgehead atoms. The first-order chi connectivity index (χ1) is 8.88. The number of rotatable bonds is 5. The van der Waals surface area contributed by atoms with Crippen molar-refractivity contribution in [3.8, 4) is 0 Å². The summed E-state index contributed by atoms with van der Waals surface area (Å²) in [6.45, 7) is 2.23. The Bertz CT molecular complexity index is 528. The van der Waals surface area contributed by atoms with Crippen molar-refractivity contribution >= 4 is 37.3 Å². The van der Waals surface area contributed by atoms with E-state index in [0.717, 1.165) is 35.0 Å². The van der Waals surface area contributed by atoms with E-state index in [1.807, 2.05) is 6.92 Å². The third-order valence-corrected chi connectivity index (χ3v) is 7.75. The van der Waals surface area contributed by atoms with Crippen LogP contribution in [0.1, 0.15) is 31.2 Å². The van der Waals surface area contributed by atoms with Gasteiger partial charge in [0.1, 0.15) is 4.21 Å². The second-order valence-corrected chi connectivity index (χ2v) is 9.58. The van der Waals surface area contributed by atoms with E-state index in [0.29, 0.717) is 10.8 Å². The highest BCUT2D eigenvalue weighted by atomic mass is 79.9. The standard InChI is InChI=1S/C12H18BrNO3S2/c1-9-6-10(18-11(9)13)19(16,17)14-7-12(8-15)4-2-3-5-12/h6,14-15H,2-5,7-8H2,1H3. The van der Waals surface area contributed by atoms with Gasteiger partial charge in [-0.1, -0.05) is 12.8 Å². The van der Waals surface area contributed by atoms with Crippen LogP contribution >= 0.6 is 27.3 Å². The molecule has 1 aromatic heterocycles. The first-order valence-electron chi connectivity index (χ1n) is 6.25. The van der Waals surface area contributed by atoms with Crippen LogP contribution < -0.4 is 4.72 Å². The third-order valence-electron chi connectivity index (χ3n) is 3.74. The summed E-state index contributed by atoms with van der Waals surface area (Å²) < 4.78 is 28.2. The quantitative estimate of drug-likeness (QED) is 0.840. The van der Waals surface area contributed by atoms with Gasteiger partial charge < -0.3 is 5.11 Å². The molecule has 1 fully saturated rings. The fourth-order valence-electron chi connectivity index (χ4n) is 2.40. The average molecular weight is 368 g/mol. The van der Waals surface area contributed by atoms with Crippen LogP contribution in [0.5, 0.6) is 0 Å². The second-order valence-electron chi connectivity index (χ2n) is 5.21. The Morgan fingerprint density at radius 3 is 2.58 bits per heavy atom. The number of thiophene rings is 1. The van der Waals surface area contributed by atoms with Crippen LogP contribution in [0.2, 0.25) is 0 Å². The van der Waals surface area contributed by atoms with Gasteiger partial charge >= 0.3 is 0 Å². The zero-order valence-corrected chi connectivity index (χ0v) is 14.0. The summed E-state index contributed by atoms with van der Waals surface area (Å²) in [7, 11) is -3.47. The van der Waals surface area contributed by atoms with E-state index < -0.39 is 10.0 Å². The Hall–Kier alpha value is 0.0500. The molecule has 0 radical (unpaired) electrons. The van der Waals surface area contributed by atoms with Crippen molar-refractivity contribution in [3.63, 3.8) is 0 Å². The highest BCUT2D eigenvalue weighted by molar-refractivity contribution is 9.11. The maximum atomic E-state index is 12.2. The minimum Gasteiger partial charge on any atom is -0.396 e. The van der Waals surface area contributed by atoms with Gasteiger partial charge in [0.2, 0.25) is 10.0 Å². The summed E-state index contributed by atoms with van der Waals surface area (Å²) in [5, 5.41) is 9.49. The molecule has 19 heavy (non-hydrogen) atoms. The monoisotopic (exact) mass is 367 g/mol. The van der Waals surface area contributed by atoms with Crippen LogP contribution in [-0.2, 0) is 10.0 Å². The number of nitrogens with one attached hydrogen (secondary N) is 1. The fourth-order valence-corrected chi connectivity index (χ4v) is 5.83. The number of hydrogen-bond donors (Lipinski definition) is 2. The summed E-state index contributed by atoms with van der Waals surface area (Å²) in [6, 6.07) is 1.66. The zero-order chi connectivity index (χ0) is 14.1. The number of aliphatic hydroxyl groups excluding tert-OH is 1. The molecule has 108 valence electrons. The Labute approximate surface area is 126 Å². The number of hydrogen-bond acceptors (Lipinski definition) is 4. The molecule has 4 nitrogen and oxygen atoms in total. The van der Waals surface area contributed by atoms with Crippen molar-refractivity contribution in [1.29, 1.82) is 0 Å². The van der Waals surface area contributed by atoms with E-state index >= 15 is 0 Å². The van der Waals surface area contributed by atoms with Crippen LogP contribution in [0.15, 0.2) is 14.1 Å². The summed E-state index contributed by atoms with van der Waals surface area (Å²) in [5.74, 6) is 0. The van der Waals surface area contributed by atoms with Crippen LogP contribution in [0.3, 0.4) is 0 Å². The van der Waals surface area contributed by atoms with Gasteiger partial charge in [-0.05, 0) is 47.3 Å². The molecule has 2 rings (SSSR count). The van der Waals surface area contributed by atoms with Gasteiger partial charge in [-0.25, -0.2) is 13.1 Å². The molecule has 1 aliphatic carbocycles. The zero-order valence-electron chi connectivity index (χ0n) is 10.8. The normalized spacial score (nSPS) is 18.9. The molecule has 0 spiro atoms. The first kappa shape index (κ1) is 15.4. The van der Waals surface area contributed by atoms with Crippen molar-refractivity contribution < 1.29 is 13.5 Å². The van der Waals surface area contributed by atoms with Gasteiger partial charge in [0, 0.05) is 18.6 Å². The molecule has 0 aromatic carbocycles. The number of halogens is 1. The maximum absolute atomic E-state index is 12.2. The topological polar surface area (TPSA) is 66.4 Å². The largest absolute Gasteiger partial charge is 0.396 e. The molecule has 1 heterocycles. The predicted molar refractivity (Wildman–Crippen MR) is 79.9 cm³/mol. The molecule has 0 saturated heterocycles. The minimum absolute atomic E-state index is 0.0443. The van der Waals surface area contributed by atoms with Crippen LogP contribution in [0, 0.1) is 12.3 Å². The molecule has 0 aliphatic heterocycles. The summed E-state index contributed by atoms with van der Waals surface area (Å²) >= 11 is 4.55. The Morgan fingerprint density at radius 2 is 2.11 bits per heavy atom. The lowest BCUT2D eigenvalue weighted by Gasteiger charge is -2.26. The molecule has 0 amide bonds. The molecule has 1 aromatic rings. The molecule has 7 heteroatoms. The molecular formula is C12H18BrNO3S2. The molecule has 2 N–H and O–H groups in total. The molecule has 0 unspecified atom stereocenters. The van der Waals surface area contributed by atoms with Crippen molar-refractivity contribution in [1.82, 2.24) is 4.72 Å². The van der Waals surface area contributed by atoms with Crippen LogP contribution in [0.4, 0.5) is 0 Å². The van der Waals surface area contributed by atoms with E-state index in [1.54, 1.807) is 6.07 Å². The minimum atomic E-state index is -3.47. The SMILES string of the molecule is Cc1cc(S(=O)(=O)NCC2(CO)CCCC2)sc1Br. The summed E-state index contributed by atoms with van der Waals surface area (Å²) in [6.07, 6.45) is 3.90. The lowest BCUT2D eigenvalue weighted by molar-refractivity contribution is 0.134. The number of aryl methyl sites for hydroxylation is 1. The van der Waals surface area contributed by atoms with E-state index in [-0.39, 0.29) is 12.0 Å². The van der Waals surface area contributed by atoms with Crippen LogP contribution in [-0.4, -0.2) is 26.7 Å². The van der Waals surface area contributed by atoms with Crippen molar-refractivity contribution in [2.75, 3.05) is 13.2 Å². The van der Waals surface area contributed by atoms with E-state index in [1.165, 1.54) is 11.3 Å². The van der Waals surface area contributed by atoms with Gasteiger partial charge in [0.05, 0.1) is 3.79 Å². The lowest BCUT2D eigenvalue weighted by atomic mass is 9.88. The smallest absolute Gasteiger partial charge is 0.250 e. The van der Waals surface area contributed by atoms with Crippen molar-refractivity contribution in [2.45, 2.75) is 36.8 Å². The molecule has 0 atom stereocenters. The molecule has 1 saturated carbocycles. The Kier molecular flexibility index (Phi) is 4.72. The van der Waals surface area contributed by atoms with Gasteiger partial charge in [0.15, 0.2) is 0 Å². The fraction of sp³-hybridized carbons (Fsp3) is 0.667. The highest BCUT2D eigenvalue weighted by Gasteiger charge is 2.34. The average Bonchev–Trinajstić information content (AvgIpc) is 2.96. The van der Waals surface area contributed by atoms with Gasteiger partial charge in [0.25, 0.3) is 0 Å². The van der Waals surface area contributed by atoms with Gasteiger partial charge in [-0.15, -0.1) is 11.3 Å². The molecule has 1 aliphatic rings. The van der Waals surface area contributed by atoms with Crippen molar-refractivity contribution in [3.05, 3.63) is 15.4 Å². The predicted octanol–water partition coefficient (Wildman–Crippen LogP) is 2.65. The molecular weight excluding hydrogens is 350 g/mol. The van der Waals surface area contributed by atoms with Crippen molar-refractivity contribution in [2.24, 2.45) is 5.41 Å². The van der Waals surface area contributed by atoms with E-state index in [2.05, 4.69) is 20.7 Å². The van der Waals surface area contributed by atoms with E-state index in [4.69, 9.17) is 0 Å². The highest BCUT2D eigenvalue weighted by Crippen LogP contribution is 2.37. The second kappa shape index (κ2) is 5.81. The maximum Gasteiger partial charge on any atom is 0.250 e. The van der Waals surface area contributed by atoms with E-state index in [9.17, 15) is 13.5 Å². The Balaban J connectivity index is 2.09. The third kappa shape index (κ3) is 3.39.